The maximum Gasteiger partial charge on any atom is 0.119 e. The van der Waals surface area contributed by atoms with Crippen LogP contribution in [0.2, 0.25) is 0 Å². The van der Waals surface area contributed by atoms with Crippen LogP contribution in [0.25, 0.3) is 0 Å². The minimum Gasteiger partial charge on any atom is -0.494 e. The van der Waals surface area contributed by atoms with Crippen molar-refractivity contribution in [3.63, 3.8) is 0 Å². The van der Waals surface area contributed by atoms with Gasteiger partial charge in [0, 0.05) is 6.04 Å². The van der Waals surface area contributed by atoms with Crippen molar-refractivity contribution in [3.8, 4) is 5.75 Å². The molecule has 1 saturated carbocycles. The molecule has 1 aliphatic carbocycles. The number of hydrogen-bond donors (Lipinski definition) is 1. The van der Waals surface area contributed by atoms with Gasteiger partial charge in [-0.05, 0) is 42.9 Å². The molecular formula is C17H27NO. The van der Waals surface area contributed by atoms with E-state index >= 15 is 0 Å². The van der Waals surface area contributed by atoms with Gasteiger partial charge in [0.15, 0.2) is 0 Å². The molecule has 0 aromatic heterocycles. The molecule has 2 heteroatoms. The highest BCUT2D eigenvalue weighted by Gasteiger charge is 2.29. The molecule has 0 radical (unpaired) electrons. The van der Waals surface area contributed by atoms with Crippen molar-refractivity contribution in [2.24, 2.45) is 17.6 Å². The molecule has 0 bridgehead atoms. The molecule has 3 unspecified atom stereocenters. The predicted molar refractivity (Wildman–Crippen MR) is 80.3 cm³/mol. The van der Waals surface area contributed by atoms with E-state index in [1.165, 1.54) is 37.7 Å². The summed E-state index contributed by atoms with van der Waals surface area (Å²) in [6, 6.07) is 8.54. The van der Waals surface area contributed by atoms with E-state index in [0.29, 0.717) is 12.5 Å². The third kappa shape index (κ3) is 3.50. The molecule has 0 saturated heterocycles. The molecule has 1 aliphatic rings. The molecule has 3 atom stereocenters. The van der Waals surface area contributed by atoms with Gasteiger partial charge in [-0.25, -0.2) is 0 Å². The van der Waals surface area contributed by atoms with Crippen molar-refractivity contribution >= 4 is 0 Å². The van der Waals surface area contributed by atoms with Crippen molar-refractivity contribution in [2.75, 3.05) is 6.61 Å². The molecule has 1 fully saturated rings. The highest BCUT2D eigenvalue weighted by atomic mass is 16.5. The van der Waals surface area contributed by atoms with Gasteiger partial charge in [-0.15, -0.1) is 0 Å². The summed E-state index contributed by atoms with van der Waals surface area (Å²) in [7, 11) is 0. The Morgan fingerprint density at radius 3 is 2.47 bits per heavy atom. The maximum atomic E-state index is 6.52. The van der Waals surface area contributed by atoms with Crippen molar-refractivity contribution in [3.05, 3.63) is 29.8 Å². The topological polar surface area (TPSA) is 35.2 Å². The van der Waals surface area contributed by atoms with Gasteiger partial charge in [-0.2, -0.15) is 0 Å². The van der Waals surface area contributed by atoms with E-state index in [2.05, 4.69) is 19.1 Å². The van der Waals surface area contributed by atoms with Gasteiger partial charge in [0.2, 0.25) is 0 Å². The highest BCUT2D eigenvalue weighted by molar-refractivity contribution is 5.29. The largest absolute Gasteiger partial charge is 0.494 e. The summed E-state index contributed by atoms with van der Waals surface area (Å²) in [6.45, 7) is 5.02. The Morgan fingerprint density at radius 2 is 1.84 bits per heavy atom. The van der Waals surface area contributed by atoms with Gasteiger partial charge >= 0.3 is 0 Å². The lowest BCUT2D eigenvalue weighted by Crippen LogP contribution is -2.30. The number of rotatable bonds is 5. The Bertz CT molecular complexity index is 373. The molecule has 0 spiro atoms. The lowest BCUT2D eigenvalue weighted by Gasteiger charge is -2.35. The minimum atomic E-state index is 0.181. The first-order chi connectivity index (χ1) is 9.26. The standard InChI is InChI=1S/C17H27NO/c1-3-13-7-5-6-8-16(13)17(18)14-9-11-15(12-10-14)19-4-2/h9-13,16-17H,3-8,18H2,1-2H3. The maximum absolute atomic E-state index is 6.52. The third-order valence-corrected chi connectivity index (χ3v) is 4.53. The summed E-state index contributed by atoms with van der Waals surface area (Å²) in [5, 5.41) is 0. The Labute approximate surface area is 117 Å². The SMILES string of the molecule is CCOc1ccc(C(N)C2CCCCC2CC)cc1. The van der Waals surface area contributed by atoms with Crippen LogP contribution < -0.4 is 10.5 Å². The summed E-state index contributed by atoms with van der Waals surface area (Å²) in [4.78, 5) is 0. The zero-order valence-corrected chi connectivity index (χ0v) is 12.3. The molecule has 106 valence electrons. The van der Waals surface area contributed by atoms with Crippen LogP contribution in [0.3, 0.4) is 0 Å². The van der Waals surface area contributed by atoms with Gasteiger partial charge in [0.1, 0.15) is 5.75 Å². The number of hydrogen-bond acceptors (Lipinski definition) is 2. The highest BCUT2D eigenvalue weighted by Crippen LogP contribution is 2.39. The van der Waals surface area contributed by atoms with Crippen LogP contribution >= 0.6 is 0 Å². The first-order valence-electron chi connectivity index (χ1n) is 7.74. The first-order valence-corrected chi connectivity index (χ1v) is 7.74. The van der Waals surface area contributed by atoms with E-state index in [0.717, 1.165) is 11.7 Å². The zero-order valence-electron chi connectivity index (χ0n) is 12.3. The molecular weight excluding hydrogens is 234 g/mol. The van der Waals surface area contributed by atoms with E-state index in [1.807, 2.05) is 19.1 Å². The van der Waals surface area contributed by atoms with Crippen LogP contribution in [0.15, 0.2) is 24.3 Å². The van der Waals surface area contributed by atoms with Crippen molar-refractivity contribution < 1.29 is 4.74 Å². The Kier molecular flexibility index (Phi) is 5.26. The average Bonchev–Trinajstić information content (AvgIpc) is 2.47. The summed E-state index contributed by atoms with van der Waals surface area (Å²) in [5.74, 6) is 2.39. The number of ether oxygens (including phenoxy) is 1. The van der Waals surface area contributed by atoms with Gasteiger partial charge in [0.25, 0.3) is 0 Å². The molecule has 0 aliphatic heterocycles. The van der Waals surface area contributed by atoms with Crippen LogP contribution in [0.1, 0.15) is 57.6 Å². The molecule has 0 heterocycles. The van der Waals surface area contributed by atoms with Gasteiger partial charge in [-0.1, -0.05) is 44.7 Å². The summed E-state index contributed by atoms with van der Waals surface area (Å²) in [5.41, 5.74) is 7.78. The zero-order chi connectivity index (χ0) is 13.7. The Morgan fingerprint density at radius 1 is 1.16 bits per heavy atom. The van der Waals surface area contributed by atoms with Crippen LogP contribution in [0, 0.1) is 11.8 Å². The molecule has 2 nitrogen and oxygen atoms in total. The van der Waals surface area contributed by atoms with Crippen LogP contribution in [-0.4, -0.2) is 6.61 Å². The second kappa shape index (κ2) is 6.95. The molecule has 19 heavy (non-hydrogen) atoms. The predicted octanol–water partition coefficient (Wildman–Crippen LogP) is 4.30. The second-order valence-electron chi connectivity index (χ2n) is 5.64. The molecule has 2 rings (SSSR count). The van der Waals surface area contributed by atoms with Gasteiger partial charge in [0.05, 0.1) is 6.61 Å². The molecule has 1 aromatic rings. The summed E-state index contributed by atoms with van der Waals surface area (Å²) >= 11 is 0. The normalized spacial score (nSPS) is 25.0. The molecule has 2 N–H and O–H groups in total. The fourth-order valence-electron chi connectivity index (χ4n) is 3.42. The first kappa shape index (κ1) is 14.4. The van der Waals surface area contributed by atoms with E-state index in [1.54, 1.807) is 0 Å². The summed E-state index contributed by atoms with van der Waals surface area (Å²) < 4.78 is 5.49. The van der Waals surface area contributed by atoms with Crippen molar-refractivity contribution in [2.45, 2.75) is 52.0 Å². The number of nitrogens with two attached hydrogens (primary N) is 1. The van der Waals surface area contributed by atoms with E-state index in [9.17, 15) is 0 Å². The Balaban J connectivity index is 2.06. The lowest BCUT2D eigenvalue weighted by molar-refractivity contribution is 0.196. The van der Waals surface area contributed by atoms with Crippen LogP contribution in [0.5, 0.6) is 5.75 Å². The lowest BCUT2D eigenvalue weighted by atomic mass is 9.73. The molecule has 1 aromatic carbocycles. The van der Waals surface area contributed by atoms with Gasteiger partial charge < -0.3 is 10.5 Å². The van der Waals surface area contributed by atoms with E-state index < -0.39 is 0 Å². The smallest absolute Gasteiger partial charge is 0.119 e. The van der Waals surface area contributed by atoms with Crippen molar-refractivity contribution in [1.82, 2.24) is 0 Å². The molecule has 0 amide bonds. The Hall–Kier alpha value is -1.02. The minimum absolute atomic E-state index is 0.181. The second-order valence-corrected chi connectivity index (χ2v) is 5.64. The van der Waals surface area contributed by atoms with Gasteiger partial charge in [-0.3, -0.25) is 0 Å². The van der Waals surface area contributed by atoms with E-state index in [-0.39, 0.29) is 6.04 Å². The van der Waals surface area contributed by atoms with Crippen LogP contribution in [0.4, 0.5) is 0 Å². The van der Waals surface area contributed by atoms with Crippen LogP contribution in [-0.2, 0) is 0 Å². The third-order valence-electron chi connectivity index (χ3n) is 4.53. The monoisotopic (exact) mass is 261 g/mol. The van der Waals surface area contributed by atoms with E-state index in [4.69, 9.17) is 10.5 Å². The fourth-order valence-corrected chi connectivity index (χ4v) is 3.42. The number of benzene rings is 1. The van der Waals surface area contributed by atoms with Crippen molar-refractivity contribution in [1.29, 1.82) is 0 Å². The fraction of sp³-hybridized carbons (Fsp3) is 0.647. The quantitative estimate of drug-likeness (QED) is 0.857. The average molecular weight is 261 g/mol. The summed E-state index contributed by atoms with van der Waals surface area (Å²) in [6.07, 6.45) is 6.62.